The van der Waals surface area contributed by atoms with E-state index < -0.39 is 0 Å². The third-order valence-electron chi connectivity index (χ3n) is 3.40. The summed E-state index contributed by atoms with van der Waals surface area (Å²) in [6.45, 7) is 5.02. The lowest BCUT2D eigenvalue weighted by Gasteiger charge is -2.27. The fraction of sp³-hybridized carbons (Fsp3) is 0.615. The monoisotopic (exact) mass is 287 g/mol. The summed E-state index contributed by atoms with van der Waals surface area (Å²) in [7, 11) is 0. The topological polar surface area (TPSA) is 37.0 Å². The number of nitrogens with zero attached hydrogens (tertiary/aromatic N) is 1. The van der Waals surface area contributed by atoms with Crippen molar-refractivity contribution in [3.05, 3.63) is 16.1 Å². The van der Waals surface area contributed by atoms with Crippen molar-refractivity contribution in [3.8, 4) is 0 Å². The first-order valence-electron chi connectivity index (χ1n) is 6.42. The molecule has 2 N–H and O–H groups in total. The van der Waals surface area contributed by atoms with Gasteiger partial charge in [-0.05, 0) is 32.8 Å². The molecule has 0 spiro atoms. The van der Waals surface area contributed by atoms with E-state index >= 15 is 0 Å². The molecule has 1 aromatic rings. The molecular weight excluding hydrogens is 269 g/mol. The fourth-order valence-electron chi connectivity index (χ4n) is 2.41. The number of rotatable bonds is 4. The Kier molecular flexibility index (Phi) is 4.23. The van der Waals surface area contributed by atoms with Gasteiger partial charge in [-0.1, -0.05) is 36.0 Å². The Hall–Kier alpha value is -0.670. The molecule has 0 bridgehead atoms. The molecule has 18 heavy (non-hydrogen) atoms. The molecule has 0 saturated heterocycles. The van der Waals surface area contributed by atoms with E-state index in [1.54, 1.807) is 6.07 Å². The van der Waals surface area contributed by atoms with Gasteiger partial charge in [0.1, 0.15) is 11.6 Å². The average molecular weight is 288 g/mol. The van der Waals surface area contributed by atoms with Gasteiger partial charge in [-0.3, -0.25) is 0 Å². The van der Waals surface area contributed by atoms with Gasteiger partial charge < -0.3 is 10.6 Å². The van der Waals surface area contributed by atoms with Gasteiger partial charge in [0.05, 0.1) is 10.0 Å². The molecule has 0 aliphatic heterocycles. The maximum atomic E-state index is 6.20. The summed E-state index contributed by atoms with van der Waals surface area (Å²) in [4.78, 5) is 4.48. The second-order valence-corrected chi connectivity index (χ2v) is 5.89. The first kappa shape index (κ1) is 13.8. The van der Waals surface area contributed by atoms with E-state index in [1.165, 1.54) is 12.8 Å². The number of pyridine rings is 1. The molecular formula is C13H19Cl2N3. The quantitative estimate of drug-likeness (QED) is 0.852. The molecule has 1 aliphatic carbocycles. The molecule has 0 unspecified atom stereocenters. The standard InChI is InChI=1S/C13H19Cl2N3/c1-3-16-11-9(14)8-10(15)12(17-11)18-13(2)6-4-5-7-13/h8H,3-7H2,1-2H3,(H2,16,17,18). The van der Waals surface area contributed by atoms with Gasteiger partial charge in [0.25, 0.3) is 0 Å². The summed E-state index contributed by atoms with van der Waals surface area (Å²) >= 11 is 12.3. The van der Waals surface area contributed by atoms with Crippen LogP contribution in [0.15, 0.2) is 6.07 Å². The highest BCUT2D eigenvalue weighted by molar-refractivity contribution is 6.37. The van der Waals surface area contributed by atoms with Crippen LogP contribution in [0.5, 0.6) is 0 Å². The van der Waals surface area contributed by atoms with E-state index in [9.17, 15) is 0 Å². The molecule has 0 atom stereocenters. The van der Waals surface area contributed by atoms with Crippen LogP contribution < -0.4 is 10.6 Å². The molecule has 2 rings (SSSR count). The van der Waals surface area contributed by atoms with Crippen LogP contribution >= 0.6 is 23.2 Å². The minimum Gasteiger partial charge on any atom is -0.369 e. The largest absolute Gasteiger partial charge is 0.369 e. The number of halogens is 2. The third kappa shape index (κ3) is 3.01. The molecule has 1 heterocycles. The Balaban J connectivity index is 2.23. The smallest absolute Gasteiger partial charge is 0.147 e. The van der Waals surface area contributed by atoms with Crippen LogP contribution in [0.3, 0.4) is 0 Å². The van der Waals surface area contributed by atoms with Crippen LogP contribution in [0.1, 0.15) is 39.5 Å². The van der Waals surface area contributed by atoms with Gasteiger partial charge in [0.15, 0.2) is 0 Å². The first-order chi connectivity index (χ1) is 8.54. The van der Waals surface area contributed by atoms with Gasteiger partial charge >= 0.3 is 0 Å². The van der Waals surface area contributed by atoms with Gasteiger partial charge in [-0.25, -0.2) is 4.98 Å². The zero-order valence-corrected chi connectivity index (χ0v) is 12.3. The van der Waals surface area contributed by atoms with Crippen molar-refractivity contribution in [3.63, 3.8) is 0 Å². The lowest BCUT2D eigenvalue weighted by Crippen LogP contribution is -2.31. The third-order valence-corrected chi connectivity index (χ3v) is 3.98. The van der Waals surface area contributed by atoms with Crippen molar-refractivity contribution in [2.75, 3.05) is 17.2 Å². The summed E-state index contributed by atoms with van der Waals surface area (Å²) < 4.78 is 0. The Bertz CT molecular complexity index is 428. The predicted molar refractivity (Wildman–Crippen MR) is 78.9 cm³/mol. The van der Waals surface area contributed by atoms with Crippen molar-refractivity contribution < 1.29 is 0 Å². The van der Waals surface area contributed by atoms with Crippen LogP contribution in [-0.2, 0) is 0 Å². The Morgan fingerprint density at radius 2 is 1.83 bits per heavy atom. The van der Waals surface area contributed by atoms with Gasteiger partial charge in [0.2, 0.25) is 0 Å². The summed E-state index contributed by atoms with van der Waals surface area (Å²) in [5.74, 6) is 1.41. The van der Waals surface area contributed by atoms with E-state index in [0.29, 0.717) is 15.9 Å². The number of anilines is 2. The van der Waals surface area contributed by atoms with Crippen molar-refractivity contribution in [2.24, 2.45) is 0 Å². The minimum atomic E-state index is 0.105. The van der Waals surface area contributed by atoms with Crippen molar-refractivity contribution in [1.82, 2.24) is 4.98 Å². The molecule has 1 fully saturated rings. The molecule has 0 amide bonds. The summed E-state index contributed by atoms with van der Waals surface area (Å²) in [6.07, 6.45) is 4.83. The first-order valence-corrected chi connectivity index (χ1v) is 7.18. The van der Waals surface area contributed by atoms with Crippen LogP contribution in [0.25, 0.3) is 0 Å². The van der Waals surface area contributed by atoms with Crippen LogP contribution in [0, 0.1) is 0 Å². The van der Waals surface area contributed by atoms with E-state index in [0.717, 1.165) is 25.2 Å². The highest BCUT2D eigenvalue weighted by Gasteiger charge is 2.29. The molecule has 0 aromatic carbocycles. The van der Waals surface area contributed by atoms with E-state index in [4.69, 9.17) is 23.2 Å². The Labute approximate surface area is 118 Å². The Morgan fingerprint density at radius 1 is 1.22 bits per heavy atom. The zero-order chi connectivity index (χ0) is 13.2. The van der Waals surface area contributed by atoms with E-state index in [1.807, 2.05) is 6.92 Å². The lowest BCUT2D eigenvalue weighted by atomic mass is 10.0. The molecule has 100 valence electrons. The predicted octanol–water partition coefficient (Wildman–Crippen LogP) is 4.56. The van der Waals surface area contributed by atoms with Crippen molar-refractivity contribution in [2.45, 2.75) is 45.1 Å². The second-order valence-electron chi connectivity index (χ2n) is 5.07. The number of hydrogen-bond acceptors (Lipinski definition) is 3. The van der Waals surface area contributed by atoms with E-state index in [-0.39, 0.29) is 5.54 Å². The van der Waals surface area contributed by atoms with Gasteiger partial charge in [0, 0.05) is 12.1 Å². The minimum absolute atomic E-state index is 0.105. The molecule has 1 aromatic heterocycles. The lowest BCUT2D eigenvalue weighted by molar-refractivity contribution is 0.531. The molecule has 1 saturated carbocycles. The summed E-state index contributed by atoms with van der Waals surface area (Å²) in [5, 5.41) is 7.75. The number of aromatic nitrogens is 1. The zero-order valence-electron chi connectivity index (χ0n) is 10.8. The summed E-state index contributed by atoms with van der Waals surface area (Å²) in [6, 6.07) is 1.74. The van der Waals surface area contributed by atoms with E-state index in [2.05, 4.69) is 22.5 Å². The molecule has 1 aliphatic rings. The highest BCUT2D eigenvalue weighted by Crippen LogP contribution is 2.36. The number of hydrogen-bond donors (Lipinski definition) is 2. The maximum Gasteiger partial charge on any atom is 0.147 e. The summed E-state index contributed by atoms with van der Waals surface area (Å²) in [5.41, 5.74) is 0.105. The van der Waals surface area contributed by atoms with Crippen molar-refractivity contribution in [1.29, 1.82) is 0 Å². The van der Waals surface area contributed by atoms with Crippen molar-refractivity contribution >= 4 is 34.8 Å². The molecule has 5 heteroatoms. The normalized spacial score (nSPS) is 17.8. The van der Waals surface area contributed by atoms with Crippen LogP contribution in [0.2, 0.25) is 10.0 Å². The van der Waals surface area contributed by atoms with Crippen LogP contribution in [0.4, 0.5) is 11.6 Å². The van der Waals surface area contributed by atoms with Gasteiger partial charge in [-0.2, -0.15) is 0 Å². The molecule has 3 nitrogen and oxygen atoms in total. The highest BCUT2D eigenvalue weighted by atomic mass is 35.5. The number of nitrogens with one attached hydrogen (secondary N) is 2. The van der Waals surface area contributed by atoms with Gasteiger partial charge in [-0.15, -0.1) is 0 Å². The Morgan fingerprint density at radius 3 is 2.44 bits per heavy atom. The fourth-order valence-corrected chi connectivity index (χ4v) is 2.88. The van der Waals surface area contributed by atoms with Crippen LogP contribution in [-0.4, -0.2) is 17.1 Å². The maximum absolute atomic E-state index is 6.20. The SMILES string of the molecule is CCNc1nc(NC2(C)CCCC2)c(Cl)cc1Cl. The molecule has 0 radical (unpaired) electrons. The second kappa shape index (κ2) is 5.54. The average Bonchev–Trinajstić information content (AvgIpc) is 2.72.